The zero-order valence-electron chi connectivity index (χ0n) is 22.5. The molecule has 0 bridgehead atoms. The molecule has 1 aliphatic carbocycles. The fraction of sp³-hybridized carbons (Fsp3) is 0. The molecular weight excluding hydrogens is 512 g/mol. The van der Waals surface area contributed by atoms with Crippen molar-refractivity contribution >= 4 is 54.4 Å². The summed E-state index contributed by atoms with van der Waals surface area (Å²) in [5.74, 6) is 0. The Morgan fingerprint density at radius 3 is 1.40 bits per heavy atom. The molecule has 4 heteroatoms. The molecule has 0 radical (unpaired) electrons. The van der Waals surface area contributed by atoms with E-state index >= 15 is 0 Å². The van der Waals surface area contributed by atoms with Crippen molar-refractivity contribution in [2.75, 3.05) is 0 Å². The van der Waals surface area contributed by atoms with Crippen molar-refractivity contribution in [2.45, 2.75) is 0 Å². The van der Waals surface area contributed by atoms with Gasteiger partial charge in [-0.2, -0.15) is 0 Å². The van der Waals surface area contributed by atoms with E-state index in [-0.39, 0.29) is 0 Å². The van der Waals surface area contributed by atoms with Crippen LogP contribution in [0.5, 0.6) is 0 Å². The predicted molar refractivity (Wildman–Crippen MR) is 173 cm³/mol. The highest BCUT2D eigenvalue weighted by atomic mass is 15.1. The summed E-state index contributed by atoms with van der Waals surface area (Å²) in [5.41, 5.74) is 11.2. The van der Waals surface area contributed by atoms with Gasteiger partial charge in [-0.15, -0.1) is 0 Å². The Hall–Kier alpha value is -5.74. The maximum absolute atomic E-state index is 4.86. The van der Waals surface area contributed by atoms with Crippen LogP contribution in [0.25, 0.3) is 88.3 Å². The van der Waals surface area contributed by atoms with Crippen LogP contribution in [-0.2, 0) is 0 Å². The second kappa shape index (κ2) is 7.93. The van der Waals surface area contributed by atoms with Crippen LogP contribution in [0.4, 0.5) is 0 Å². The lowest BCUT2D eigenvalue weighted by atomic mass is 10.00. The van der Waals surface area contributed by atoms with Crippen molar-refractivity contribution in [1.29, 1.82) is 0 Å². The van der Waals surface area contributed by atoms with E-state index < -0.39 is 0 Å². The number of fused-ring (bicyclic) bond motifs is 9. The minimum absolute atomic E-state index is 0.944. The van der Waals surface area contributed by atoms with Crippen molar-refractivity contribution in [3.8, 4) is 33.9 Å². The zero-order valence-corrected chi connectivity index (χ0v) is 22.5. The fourth-order valence-corrected chi connectivity index (χ4v) is 7.32. The lowest BCUT2D eigenvalue weighted by Gasteiger charge is -2.20. The molecule has 0 atom stereocenters. The van der Waals surface area contributed by atoms with Crippen molar-refractivity contribution in [3.63, 3.8) is 0 Å². The Bertz CT molecular complexity index is 2480. The molecule has 1 aliphatic rings. The number of para-hydroxylation sites is 4. The van der Waals surface area contributed by atoms with Gasteiger partial charge in [-0.25, -0.2) is 0 Å². The van der Waals surface area contributed by atoms with Gasteiger partial charge in [-0.1, -0.05) is 91.0 Å². The topological polar surface area (TPSA) is 35.6 Å². The summed E-state index contributed by atoms with van der Waals surface area (Å²) < 4.78 is 4.91. The van der Waals surface area contributed by atoms with Crippen LogP contribution in [0.1, 0.15) is 0 Å². The summed E-state index contributed by atoms with van der Waals surface area (Å²) in [6.45, 7) is 0. The molecule has 0 unspecified atom stereocenters. The van der Waals surface area contributed by atoms with Crippen LogP contribution in [0.2, 0.25) is 0 Å². The smallest absolute Gasteiger partial charge is 0.0972 e. The van der Waals surface area contributed by atoms with Gasteiger partial charge in [-0.05, 0) is 30.3 Å². The minimum atomic E-state index is 0.944. The molecule has 6 aromatic carbocycles. The Morgan fingerprint density at radius 2 is 0.857 bits per heavy atom. The molecule has 3 heterocycles. The highest BCUT2D eigenvalue weighted by molar-refractivity contribution is 6.20. The molecule has 0 saturated carbocycles. The third-order valence-electron chi connectivity index (χ3n) is 8.95. The van der Waals surface area contributed by atoms with Gasteiger partial charge in [0.25, 0.3) is 0 Å². The zero-order chi connectivity index (χ0) is 27.4. The van der Waals surface area contributed by atoms with Gasteiger partial charge in [-0.3, -0.25) is 9.97 Å². The van der Waals surface area contributed by atoms with Gasteiger partial charge in [0.15, 0.2) is 0 Å². The van der Waals surface area contributed by atoms with Crippen LogP contribution in [-0.4, -0.2) is 19.1 Å². The third kappa shape index (κ3) is 2.66. The van der Waals surface area contributed by atoms with Crippen molar-refractivity contribution in [2.24, 2.45) is 0 Å². The SMILES string of the molecule is c1cc2c3c(cc(-n4c5ccccc5c5ccccc54)c(-n4c5ccccc5c5ccccc54)c3c1)-c1nccnc1-2. The number of hydrogen-bond donors (Lipinski definition) is 0. The number of hydrogen-bond acceptors (Lipinski definition) is 2. The standard InChI is InChI=1S/C38H22N4/c1-5-16-30-23(10-1)24-11-2-6-17-31(24)41(30)34-22-29-35-27(36-37(29)40-21-20-39-36)14-9-15-28(35)38(34)42-32-18-7-3-12-25(32)26-13-4-8-19-33(26)42/h1-22H. The van der Waals surface area contributed by atoms with Crippen LogP contribution in [0.15, 0.2) is 134 Å². The monoisotopic (exact) mass is 534 g/mol. The Balaban J connectivity index is 1.49. The summed E-state index contributed by atoms with van der Waals surface area (Å²) in [5, 5.41) is 7.37. The Labute approximate surface area is 240 Å². The second-order valence-electron chi connectivity index (χ2n) is 11.0. The van der Waals surface area contributed by atoms with E-state index in [1.165, 1.54) is 54.4 Å². The molecule has 10 rings (SSSR count). The van der Waals surface area contributed by atoms with Gasteiger partial charge < -0.3 is 9.13 Å². The number of benzene rings is 6. The molecule has 42 heavy (non-hydrogen) atoms. The number of nitrogens with zero attached hydrogens (tertiary/aromatic N) is 4. The molecule has 0 amide bonds. The first kappa shape index (κ1) is 22.0. The van der Waals surface area contributed by atoms with Gasteiger partial charge in [0.05, 0.1) is 44.8 Å². The normalized spacial score (nSPS) is 12.3. The fourth-order valence-electron chi connectivity index (χ4n) is 7.32. The Kier molecular flexibility index (Phi) is 4.15. The maximum Gasteiger partial charge on any atom is 0.0972 e. The first-order valence-electron chi connectivity index (χ1n) is 14.3. The molecule has 194 valence electrons. The molecule has 3 aromatic heterocycles. The van der Waals surface area contributed by atoms with Crippen LogP contribution in [0.3, 0.4) is 0 Å². The van der Waals surface area contributed by atoms with Gasteiger partial charge in [0.2, 0.25) is 0 Å². The molecule has 0 fully saturated rings. The minimum Gasteiger partial charge on any atom is -0.307 e. The van der Waals surface area contributed by atoms with Crippen molar-refractivity contribution in [3.05, 3.63) is 134 Å². The van der Waals surface area contributed by atoms with Crippen LogP contribution in [0, 0.1) is 0 Å². The van der Waals surface area contributed by atoms with E-state index in [1.54, 1.807) is 12.4 Å². The average Bonchev–Trinajstić information content (AvgIpc) is 3.68. The van der Waals surface area contributed by atoms with E-state index in [2.05, 4.69) is 130 Å². The summed E-state index contributed by atoms with van der Waals surface area (Å²) in [6, 6.07) is 43.9. The van der Waals surface area contributed by atoms with E-state index in [9.17, 15) is 0 Å². The van der Waals surface area contributed by atoms with Crippen LogP contribution >= 0.6 is 0 Å². The largest absolute Gasteiger partial charge is 0.307 e. The van der Waals surface area contributed by atoms with Crippen LogP contribution < -0.4 is 0 Å². The molecule has 4 nitrogen and oxygen atoms in total. The third-order valence-corrected chi connectivity index (χ3v) is 8.95. The highest BCUT2D eigenvalue weighted by Crippen LogP contribution is 2.50. The van der Waals surface area contributed by atoms with E-state index in [4.69, 9.17) is 9.97 Å². The summed E-state index contributed by atoms with van der Waals surface area (Å²) in [7, 11) is 0. The summed E-state index contributed by atoms with van der Waals surface area (Å²) in [4.78, 5) is 9.67. The van der Waals surface area contributed by atoms with Gasteiger partial charge in [0.1, 0.15) is 0 Å². The van der Waals surface area contributed by atoms with Gasteiger partial charge in [0, 0.05) is 55.8 Å². The first-order valence-corrected chi connectivity index (χ1v) is 14.3. The maximum atomic E-state index is 4.86. The van der Waals surface area contributed by atoms with E-state index in [1.807, 2.05) is 0 Å². The molecule has 9 aromatic rings. The highest BCUT2D eigenvalue weighted by Gasteiger charge is 2.29. The number of rotatable bonds is 2. The Morgan fingerprint density at radius 1 is 0.405 bits per heavy atom. The molecule has 0 aliphatic heterocycles. The lowest BCUT2D eigenvalue weighted by molar-refractivity contribution is 1.11. The lowest BCUT2D eigenvalue weighted by Crippen LogP contribution is -2.05. The summed E-state index contributed by atoms with van der Waals surface area (Å²) in [6.07, 6.45) is 3.60. The van der Waals surface area contributed by atoms with Gasteiger partial charge >= 0.3 is 0 Å². The van der Waals surface area contributed by atoms with Crippen molar-refractivity contribution in [1.82, 2.24) is 19.1 Å². The predicted octanol–water partition coefficient (Wildman–Crippen LogP) is 9.47. The summed E-state index contributed by atoms with van der Waals surface area (Å²) >= 11 is 0. The quantitative estimate of drug-likeness (QED) is 0.221. The molecular formula is C38H22N4. The van der Waals surface area contributed by atoms with Crippen molar-refractivity contribution < 1.29 is 0 Å². The van der Waals surface area contributed by atoms with E-state index in [0.29, 0.717) is 0 Å². The first-order chi connectivity index (χ1) is 20.9. The second-order valence-corrected chi connectivity index (χ2v) is 11.0. The average molecular weight is 535 g/mol. The molecule has 0 N–H and O–H groups in total. The van der Waals surface area contributed by atoms with E-state index in [0.717, 1.165) is 33.9 Å². The molecule has 0 saturated heterocycles. The molecule has 0 spiro atoms. The number of aromatic nitrogens is 4.